The van der Waals surface area contributed by atoms with E-state index in [2.05, 4.69) is 5.32 Å². The Kier molecular flexibility index (Phi) is 7.19. The molecular weight excluding hydrogens is 570 g/mol. The van der Waals surface area contributed by atoms with Crippen LogP contribution in [-0.4, -0.2) is 26.3 Å². The van der Waals surface area contributed by atoms with Crippen molar-refractivity contribution in [2.24, 2.45) is 0 Å². The summed E-state index contributed by atoms with van der Waals surface area (Å²) >= 11 is 0. The van der Waals surface area contributed by atoms with Gasteiger partial charge in [0.25, 0.3) is 11.6 Å². The normalized spacial score (nSPS) is 13.5. The third kappa shape index (κ3) is 5.46. The van der Waals surface area contributed by atoms with Crippen LogP contribution in [0, 0.1) is 15.9 Å². The lowest BCUT2D eigenvalue weighted by molar-refractivity contribution is -0.388. The number of furan rings is 1. The van der Waals surface area contributed by atoms with Gasteiger partial charge in [-0.3, -0.25) is 19.2 Å². The minimum Gasteiger partial charge on any atom is -0.455 e. The number of nitrogens with zero attached hydrogens (tertiary/aromatic N) is 2. The summed E-state index contributed by atoms with van der Waals surface area (Å²) in [5.41, 5.74) is -1.39. The van der Waals surface area contributed by atoms with Crippen molar-refractivity contribution < 1.29 is 40.1 Å². The minimum absolute atomic E-state index is 0.0730. The smallest absolute Gasteiger partial charge is 0.423 e. The average Bonchev–Trinajstić information content (AvgIpc) is 3.70. The third-order valence-electron chi connectivity index (χ3n) is 6.79. The quantitative estimate of drug-likeness (QED) is 0.113. The molecule has 0 radical (unpaired) electrons. The maximum atomic E-state index is 13.6. The molecule has 0 saturated heterocycles. The van der Waals surface area contributed by atoms with Crippen LogP contribution in [0.4, 0.5) is 28.9 Å². The van der Waals surface area contributed by atoms with Gasteiger partial charge in [-0.25, -0.2) is 12.8 Å². The van der Waals surface area contributed by atoms with Gasteiger partial charge in [0.1, 0.15) is 22.7 Å². The number of halogens is 4. The first-order chi connectivity index (χ1) is 19.4. The third-order valence-corrected chi connectivity index (χ3v) is 7.54. The van der Waals surface area contributed by atoms with Crippen molar-refractivity contribution in [3.8, 4) is 11.3 Å². The largest absolute Gasteiger partial charge is 0.455 e. The summed E-state index contributed by atoms with van der Waals surface area (Å²) in [6.45, 7) is -0.543. The number of carbonyl (C=O) groups is 1. The maximum absolute atomic E-state index is 13.6. The summed E-state index contributed by atoms with van der Waals surface area (Å²) in [6.07, 6.45) is -3.60. The zero-order valence-electron chi connectivity index (χ0n) is 21.2. The molecule has 0 atom stereocenters. The van der Waals surface area contributed by atoms with Gasteiger partial charge in [-0.2, -0.15) is 13.2 Å². The van der Waals surface area contributed by atoms with Gasteiger partial charge in [-0.05, 0) is 66.3 Å². The Morgan fingerprint density at radius 2 is 1.80 bits per heavy atom. The number of alkyl halides is 3. The Labute approximate surface area is 231 Å². The summed E-state index contributed by atoms with van der Waals surface area (Å²) in [4.78, 5) is 22.9. The second kappa shape index (κ2) is 10.5. The van der Waals surface area contributed by atoms with E-state index in [1.165, 1.54) is 37.4 Å². The van der Waals surface area contributed by atoms with Crippen molar-refractivity contribution in [3.63, 3.8) is 0 Å². The van der Waals surface area contributed by atoms with E-state index in [4.69, 9.17) is 4.42 Å². The molecule has 0 unspecified atom stereocenters. The Morgan fingerprint density at radius 1 is 1.12 bits per heavy atom. The minimum atomic E-state index is -5.04. The molecule has 41 heavy (non-hydrogen) atoms. The molecule has 14 heteroatoms. The number of benzene rings is 3. The van der Waals surface area contributed by atoms with Crippen molar-refractivity contribution in [2.75, 3.05) is 11.4 Å². The Bertz CT molecular complexity index is 1750. The van der Waals surface area contributed by atoms with Crippen molar-refractivity contribution in [3.05, 3.63) is 92.8 Å². The predicted molar refractivity (Wildman–Crippen MR) is 142 cm³/mol. The van der Waals surface area contributed by atoms with Crippen LogP contribution in [0.1, 0.15) is 45.8 Å². The lowest BCUT2D eigenvalue weighted by atomic mass is 10.00. The highest BCUT2D eigenvalue weighted by molar-refractivity contribution is 7.74. The van der Waals surface area contributed by atoms with Crippen LogP contribution in [0.3, 0.4) is 0 Å². The molecule has 0 bridgehead atoms. The van der Waals surface area contributed by atoms with Crippen molar-refractivity contribution in [1.29, 1.82) is 0 Å². The molecule has 3 aromatic carbocycles. The fraction of sp³-hybridized carbons (Fsp3) is 0.222. The van der Waals surface area contributed by atoms with Crippen molar-refractivity contribution in [1.82, 2.24) is 5.32 Å². The van der Waals surface area contributed by atoms with E-state index in [1.54, 1.807) is 6.07 Å². The number of thiol groups is 1. The Hall–Kier alpha value is -4.46. The zero-order chi connectivity index (χ0) is 29.6. The lowest BCUT2D eigenvalue weighted by Crippen LogP contribution is -2.22. The first-order valence-corrected chi connectivity index (χ1v) is 13.4. The molecule has 4 aromatic rings. The lowest BCUT2D eigenvalue weighted by Gasteiger charge is -2.22. The number of anilines is 1. The molecule has 0 spiro atoms. The number of fused-ring (bicyclic) bond motifs is 1. The number of nitrogens with one attached hydrogen (secondary N) is 1. The first-order valence-electron chi connectivity index (χ1n) is 12.2. The molecular formula is C27H21F4N3O6S. The molecule has 1 aliphatic carbocycles. The van der Waals surface area contributed by atoms with Crippen LogP contribution in [0.2, 0.25) is 0 Å². The van der Waals surface area contributed by atoms with Crippen LogP contribution in [0.25, 0.3) is 22.3 Å². The van der Waals surface area contributed by atoms with Crippen molar-refractivity contribution >= 4 is 39.1 Å². The second-order valence-electron chi connectivity index (χ2n) is 9.48. The summed E-state index contributed by atoms with van der Waals surface area (Å²) in [5, 5.41) is 14.1. The average molecular weight is 592 g/mol. The highest BCUT2D eigenvalue weighted by Gasteiger charge is 2.39. The molecule has 1 fully saturated rings. The molecule has 1 aliphatic rings. The number of hydrogen-bond acceptors (Lipinski definition) is 6. The standard InChI is InChI=1S/C27H21F4N3O6S/c1-32-26(35)24-19-11-18(15-3-4-15)22(12-23(19)40-25(24)16-5-7-17(28)8-6-16)33(41(38)39)13-14-2-9-21(34(36)37)20(10-14)27(29,30)31/h2,5-12,15,41H,3-4,13H2,1H3,(H,32,35). The Balaban J connectivity index is 1.67. The maximum Gasteiger partial charge on any atom is 0.423 e. The van der Waals surface area contributed by atoms with Crippen molar-refractivity contribution in [2.45, 2.75) is 31.5 Å². The van der Waals surface area contributed by atoms with Crippen LogP contribution < -0.4 is 9.62 Å². The van der Waals surface area contributed by atoms with Gasteiger partial charge in [-0.1, -0.05) is 6.07 Å². The van der Waals surface area contributed by atoms with Gasteiger partial charge >= 0.3 is 6.18 Å². The summed E-state index contributed by atoms with van der Waals surface area (Å²) in [6, 6.07) is 10.6. The van der Waals surface area contributed by atoms with Crippen LogP contribution in [-0.2, 0) is 23.6 Å². The number of nitro groups is 1. The fourth-order valence-corrected chi connectivity index (χ4v) is 5.35. The molecule has 214 valence electrons. The summed E-state index contributed by atoms with van der Waals surface area (Å²) < 4.78 is 86.0. The predicted octanol–water partition coefficient (Wildman–Crippen LogP) is 5.94. The van der Waals surface area contributed by atoms with Gasteiger partial charge in [0.15, 0.2) is 0 Å². The SMILES string of the molecule is CNC(=O)c1c(-c2ccc(F)cc2)oc2cc(N(Cc3ccc([N+](=O)[O-])c(C(F)(F)F)c3)[SH](=O)=O)c(C3CC3)cc12. The fourth-order valence-electron chi connectivity index (χ4n) is 4.72. The molecule has 9 nitrogen and oxygen atoms in total. The summed E-state index contributed by atoms with van der Waals surface area (Å²) in [7, 11) is -1.97. The molecule has 5 rings (SSSR count). The highest BCUT2D eigenvalue weighted by Crippen LogP contribution is 2.48. The van der Waals surface area contributed by atoms with Crippen LogP contribution >= 0.6 is 0 Å². The Morgan fingerprint density at radius 3 is 2.37 bits per heavy atom. The number of amides is 1. The molecule has 1 aromatic heterocycles. The summed E-state index contributed by atoms with van der Waals surface area (Å²) in [5.74, 6) is -0.938. The number of nitro benzene ring substituents is 1. The topological polar surface area (TPSA) is 123 Å². The highest BCUT2D eigenvalue weighted by atomic mass is 32.2. The van der Waals surface area contributed by atoms with E-state index >= 15 is 0 Å². The monoisotopic (exact) mass is 591 g/mol. The van der Waals surface area contributed by atoms with Gasteiger partial charge in [0, 0.05) is 30.1 Å². The van der Waals surface area contributed by atoms with Gasteiger partial charge in [0.05, 0.1) is 22.7 Å². The van der Waals surface area contributed by atoms with E-state index in [0.29, 0.717) is 28.6 Å². The molecule has 1 amide bonds. The zero-order valence-corrected chi connectivity index (χ0v) is 22.1. The number of hydrogen-bond donors (Lipinski definition) is 2. The van der Waals surface area contributed by atoms with E-state index in [0.717, 1.165) is 23.2 Å². The van der Waals surface area contributed by atoms with E-state index < -0.39 is 51.5 Å². The van der Waals surface area contributed by atoms with Gasteiger partial charge in [0.2, 0.25) is 10.9 Å². The van der Waals surface area contributed by atoms with E-state index in [9.17, 15) is 40.9 Å². The number of carbonyl (C=O) groups excluding carboxylic acids is 1. The van der Waals surface area contributed by atoms with Crippen LogP contribution in [0.15, 0.2) is 59.0 Å². The van der Waals surface area contributed by atoms with Gasteiger partial charge in [-0.15, -0.1) is 0 Å². The second-order valence-corrected chi connectivity index (χ2v) is 10.4. The van der Waals surface area contributed by atoms with E-state index in [-0.39, 0.29) is 34.1 Å². The van der Waals surface area contributed by atoms with E-state index in [1.807, 2.05) is 0 Å². The van der Waals surface area contributed by atoms with Crippen LogP contribution in [0.5, 0.6) is 0 Å². The van der Waals surface area contributed by atoms with Gasteiger partial charge < -0.3 is 9.73 Å². The number of rotatable bonds is 8. The molecule has 1 N–H and O–H groups in total. The molecule has 1 heterocycles. The molecule has 1 saturated carbocycles. The molecule has 0 aliphatic heterocycles. The first kappa shape index (κ1) is 28.1.